The fourth-order valence-electron chi connectivity index (χ4n) is 1.67. The van der Waals surface area contributed by atoms with Crippen LogP contribution in [0.5, 0.6) is 0 Å². The highest BCUT2D eigenvalue weighted by molar-refractivity contribution is 5.79. The van der Waals surface area contributed by atoms with Gasteiger partial charge in [0.05, 0.1) is 5.60 Å². The van der Waals surface area contributed by atoms with Gasteiger partial charge in [0, 0.05) is 33.8 Å². The molecule has 0 amide bonds. The van der Waals surface area contributed by atoms with E-state index in [4.69, 9.17) is 4.74 Å². The predicted octanol–water partition coefficient (Wildman–Crippen LogP) is 1.31. The molecule has 5 nitrogen and oxygen atoms in total. The molecule has 0 aromatic heterocycles. The minimum absolute atomic E-state index is 0.185. The third-order valence-corrected chi connectivity index (χ3v) is 3.17. The Morgan fingerprint density at radius 3 is 2.37 bits per heavy atom. The van der Waals surface area contributed by atoms with E-state index in [1.807, 2.05) is 13.8 Å². The summed E-state index contributed by atoms with van der Waals surface area (Å²) in [4.78, 5) is 6.64. The number of ether oxygens (including phenoxy) is 1. The van der Waals surface area contributed by atoms with Crippen molar-refractivity contribution in [3.63, 3.8) is 0 Å². The maximum absolute atomic E-state index is 5.37. The maximum atomic E-state index is 5.37. The summed E-state index contributed by atoms with van der Waals surface area (Å²) >= 11 is 0. The molecule has 0 saturated carbocycles. The Bertz CT molecular complexity index is 254. The zero-order chi connectivity index (χ0) is 14.7. The summed E-state index contributed by atoms with van der Waals surface area (Å²) in [6.45, 7) is 13.4. The molecule has 0 aliphatic carbocycles. The maximum Gasteiger partial charge on any atom is 0.191 e. The number of hydrogen-bond acceptors (Lipinski definition) is 3. The molecule has 19 heavy (non-hydrogen) atoms. The molecule has 0 bridgehead atoms. The summed E-state index contributed by atoms with van der Waals surface area (Å²) in [6.07, 6.45) is 1.20. The molecule has 0 aromatic rings. The van der Waals surface area contributed by atoms with Crippen molar-refractivity contribution >= 4 is 5.96 Å². The Kier molecular flexibility index (Phi) is 9.61. The molecule has 0 aliphatic heterocycles. The topological polar surface area (TPSA) is 48.9 Å². The van der Waals surface area contributed by atoms with Gasteiger partial charge in [-0.1, -0.05) is 13.8 Å². The third kappa shape index (κ3) is 8.83. The Balaban J connectivity index is 3.95. The van der Waals surface area contributed by atoms with Crippen molar-refractivity contribution in [3.05, 3.63) is 0 Å². The number of nitrogens with one attached hydrogen (secondary N) is 2. The fourth-order valence-corrected chi connectivity index (χ4v) is 1.67. The van der Waals surface area contributed by atoms with E-state index in [0.717, 1.165) is 38.7 Å². The molecule has 0 fully saturated rings. The monoisotopic (exact) mass is 272 g/mol. The van der Waals surface area contributed by atoms with Gasteiger partial charge >= 0.3 is 0 Å². The van der Waals surface area contributed by atoms with Crippen LogP contribution in [0.4, 0.5) is 0 Å². The lowest BCUT2D eigenvalue weighted by Gasteiger charge is -2.25. The summed E-state index contributed by atoms with van der Waals surface area (Å²) in [7, 11) is 3.51. The predicted molar refractivity (Wildman–Crippen MR) is 82.9 cm³/mol. The highest BCUT2D eigenvalue weighted by Crippen LogP contribution is 2.04. The molecule has 0 aromatic carbocycles. The lowest BCUT2D eigenvalue weighted by atomic mass is 10.1. The number of rotatable bonds is 9. The number of methoxy groups -OCH3 is 1. The van der Waals surface area contributed by atoms with Crippen LogP contribution in [0.1, 0.15) is 34.1 Å². The van der Waals surface area contributed by atoms with Crippen molar-refractivity contribution in [1.82, 2.24) is 15.5 Å². The van der Waals surface area contributed by atoms with Gasteiger partial charge in [0.1, 0.15) is 0 Å². The van der Waals surface area contributed by atoms with Gasteiger partial charge in [-0.3, -0.25) is 4.99 Å². The molecule has 0 unspecified atom stereocenters. The molecule has 114 valence electrons. The van der Waals surface area contributed by atoms with Crippen molar-refractivity contribution in [2.24, 2.45) is 4.99 Å². The third-order valence-electron chi connectivity index (χ3n) is 3.17. The van der Waals surface area contributed by atoms with Crippen LogP contribution >= 0.6 is 0 Å². The second-order valence-electron chi connectivity index (χ2n) is 5.25. The average molecular weight is 272 g/mol. The lowest BCUT2D eigenvalue weighted by molar-refractivity contribution is 0.0268. The summed E-state index contributed by atoms with van der Waals surface area (Å²) in [5.74, 6) is 0.831. The van der Waals surface area contributed by atoms with Crippen LogP contribution < -0.4 is 10.6 Å². The van der Waals surface area contributed by atoms with Crippen LogP contribution in [0, 0.1) is 0 Å². The summed E-state index contributed by atoms with van der Waals surface area (Å²) in [5, 5.41) is 6.61. The number of guanidine groups is 1. The Morgan fingerprint density at radius 1 is 1.21 bits per heavy atom. The first-order chi connectivity index (χ1) is 8.99. The summed E-state index contributed by atoms with van der Waals surface area (Å²) in [5.41, 5.74) is -0.185. The van der Waals surface area contributed by atoms with Crippen molar-refractivity contribution < 1.29 is 4.74 Å². The SMILES string of the molecule is CCCN(CC)CCNC(=NC)NCC(C)(C)OC. The van der Waals surface area contributed by atoms with E-state index in [1.54, 1.807) is 14.2 Å². The van der Waals surface area contributed by atoms with Gasteiger partial charge in [-0.2, -0.15) is 0 Å². The second-order valence-corrected chi connectivity index (χ2v) is 5.25. The van der Waals surface area contributed by atoms with Crippen LogP contribution in [-0.4, -0.2) is 63.3 Å². The van der Waals surface area contributed by atoms with Gasteiger partial charge in [0.15, 0.2) is 5.96 Å². The first kappa shape index (κ1) is 18.2. The number of aliphatic imine (C=N–C) groups is 1. The molecular formula is C14H32N4O. The molecule has 0 spiro atoms. The van der Waals surface area contributed by atoms with E-state index in [2.05, 4.69) is 34.4 Å². The second kappa shape index (κ2) is 10.0. The molecule has 0 heterocycles. The quantitative estimate of drug-likeness (QED) is 0.491. The van der Waals surface area contributed by atoms with Gasteiger partial charge in [-0.05, 0) is 33.4 Å². The standard InChI is InChI=1S/C14H32N4O/c1-7-10-18(8-2)11-9-16-13(15-5)17-12-14(3,4)19-6/h7-12H2,1-6H3,(H2,15,16,17). The molecule has 0 rings (SSSR count). The van der Waals surface area contributed by atoms with Crippen LogP contribution in [0.15, 0.2) is 4.99 Å². The number of hydrogen-bond donors (Lipinski definition) is 2. The van der Waals surface area contributed by atoms with E-state index >= 15 is 0 Å². The fraction of sp³-hybridized carbons (Fsp3) is 0.929. The largest absolute Gasteiger partial charge is 0.377 e. The zero-order valence-electron chi connectivity index (χ0n) is 13.5. The van der Waals surface area contributed by atoms with Crippen LogP contribution in [-0.2, 0) is 4.74 Å². The van der Waals surface area contributed by atoms with Crippen molar-refractivity contribution in [2.45, 2.75) is 39.7 Å². The van der Waals surface area contributed by atoms with E-state index in [1.165, 1.54) is 6.42 Å². The molecule has 0 aliphatic rings. The van der Waals surface area contributed by atoms with Crippen molar-refractivity contribution in [2.75, 3.05) is 46.9 Å². The molecule has 2 N–H and O–H groups in total. The molecular weight excluding hydrogens is 240 g/mol. The first-order valence-corrected chi connectivity index (χ1v) is 7.21. The smallest absolute Gasteiger partial charge is 0.191 e. The summed E-state index contributed by atoms with van der Waals surface area (Å²) < 4.78 is 5.37. The molecule has 5 heteroatoms. The van der Waals surface area contributed by atoms with Gasteiger partial charge in [-0.25, -0.2) is 0 Å². The minimum atomic E-state index is -0.185. The summed E-state index contributed by atoms with van der Waals surface area (Å²) in [6, 6.07) is 0. The average Bonchev–Trinajstić information content (AvgIpc) is 2.41. The highest BCUT2D eigenvalue weighted by atomic mass is 16.5. The van der Waals surface area contributed by atoms with Gasteiger partial charge in [0.2, 0.25) is 0 Å². The van der Waals surface area contributed by atoms with Crippen LogP contribution in [0.2, 0.25) is 0 Å². The van der Waals surface area contributed by atoms with E-state index < -0.39 is 0 Å². The Labute approximate surface area is 118 Å². The van der Waals surface area contributed by atoms with E-state index in [9.17, 15) is 0 Å². The number of nitrogens with zero attached hydrogens (tertiary/aromatic N) is 2. The molecule has 0 atom stereocenters. The normalized spacial score (nSPS) is 12.9. The van der Waals surface area contributed by atoms with Crippen LogP contribution in [0.25, 0.3) is 0 Å². The number of likely N-dealkylation sites (N-methyl/N-ethyl adjacent to an activating group) is 1. The molecule has 0 radical (unpaired) electrons. The van der Waals surface area contributed by atoms with Gasteiger partial charge in [-0.15, -0.1) is 0 Å². The van der Waals surface area contributed by atoms with Crippen molar-refractivity contribution in [1.29, 1.82) is 0 Å². The lowest BCUT2D eigenvalue weighted by Crippen LogP contribution is -2.47. The van der Waals surface area contributed by atoms with Gasteiger partial charge < -0.3 is 20.3 Å². The van der Waals surface area contributed by atoms with Crippen LogP contribution in [0.3, 0.4) is 0 Å². The van der Waals surface area contributed by atoms with Gasteiger partial charge in [0.25, 0.3) is 0 Å². The zero-order valence-corrected chi connectivity index (χ0v) is 13.5. The van der Waals surface area contributed by atoms with E-state index in [-0.39, 0.29) is 5.60 Å². The molecule has 0 saturated heterocycles. The highest BCUT2D eigenvalue weighted by Gasteiger charge is 2.16. The Morgan fingerprint density at radius 2 is 1.89 bits per heavy atom. The minimum Gasteiger partial charge on any atom is -0.377 e. The first-order valence-electron chi connectivity index (χ1n) is 7.21. The van der Waals surface area contributed by atoms with E-state index in [0.29, 0.717) is 0 Å². The Hall–Kier alpha value is -0.810. The van der Waals surface area contributed by atoms with Crippen molar-refractivity contribution in [3.8, 4) is 0 Å².